The first-order chi connectivity index (χ1) is 6.83. The first-order valence-electron chi connectivity index (χ1n) is 4.63. The van der Waals surface area contributed by atoms with E-state index in [1.807, 2.05) is 12.1 Å². The van der Waals surface area contributed by atoms with E-state index in [1.54, 1.807) is 12.4 Å². The molecular formula is C10H13N3O. The molecule has 74 valence electrons. The van der Waals surface area contributed by atoms with E-state index in [9.17, 15) is 5.11 Å². The van der Waals surface area contributed by atoms with Gasteiger partial charge in [0.2, 0.25) is 0 Å². The van der Waals surface area contributed by atoms with Gasteiger partial charge in [-0.1, -0.05) is 0 Å². The van der Waals surface area contributed by atoms with Crippen LogP contribution in [-0.4, -0.2) is 21.6 Å². The number of aromatic nitrogens is 2. The molecule has 4 N–H and O–H groups in total. The van der Waals surface area contributed by atoms with Crippen LogP contribution in [0.4, 0.5) is 0 Å². The number of aliphatic hydroxyl groups is 1. The molecule has 1 atom stereocenters. The Morgan fingerprint density at radius 1 is 1.57 bits per heavy atom. The van der Waals surface area contributed by atoms with Crippen LogP contribution in [0.1, 0.15) is 18.1 Å². The fourth-order valence-electron chi connectivity index (χ4n) is 1.57. The number of H-pyrrole nitrogens is 1. The fourth-order valence-corrected chi connectivity index (χ4v) is 1.57. The topological polar surface area (TPSA) is 74.9 Å². The summed E-state index contributed by atoms with van der Waals surface area (Å²) >= 11 is 0. The molecule has 4 nitrogen and oxygen atoms in total. The standard InChI is InChI=1S/C10H13N3O/c11-4-3-9(14)8-6-13-10-7(8)2-1-5-12-10/h1-2,5-6,9,14H,3-4,11H2,(H,12,13)/t9-/m0/s1. The highest BCUT2D eigenvalue weighted by molar-refractivity contribution is 5.79. The molecule has 0 aliphatic carbocycles. The van der Waals surface area contributed by atoms with Gasteiger partial charge in [-0.15, -0.1) is 0 Å². The number of aromatic amines is 1. The third-order valence-corrected chi connectivity index (χ3v) is 2.28. The Balaban J connectivity index is 2.42. The van der Waals surface area contributed by atoms with Crippen molar-refractivity contribution in [3.05, 3.63) is 30.1 Å². The number of nitrogens with zero attached hydrogens (tertiary/aromatic N) is 1. The molecule has 14 heavy (non-hydrogen) atoms. The van der Waals surface area contributed by atoms with Crippen LogP contribution in [0.2, 0.25) is 0 Å². The van der Waals surface area contributed by atoms with Gasteiger partial charge in [-0.2, -0.15) is 0 Å². The van der Waals surface area contributed by atoms with Crippen molar-refractivity contribution in [3.63, 3.8) is 0 Å². The molecule has 0 unspecified atom stereocenters. The number of nitrogens with one attached hydrogen (secondary N) is 1. The molecule has 0 radical (unpaired) electrons. The van der Waals surface area contributed by atoms with Crippen LogP contribution in [0.15, 0.2) is 24.5 Å². The van der Waals surface area contributed by atoms with Gasteiger partial charge in [-0.25, -0.2) is 4.98 Å². The quantitative estimate of drug-likeness (QED) is 0.676. The Labute approximate surface area is 81.8 Å². The van der Waals surface area contributed by atoms with Crippen LogP contribution >= 0.6 is 0 Å². The maximum atomic E-state index is 9.78. The summed E-state index contributed by atoms with van der Waals surface area (Å²) in [5, 5.41) is 10.7. The summed E-state index contributed by atoms with van der Waals surface area (Å²) in [7, 11) is 0. The Morgan fingerprint density at radius 3 is 3.21 bits per heavy atom. The fraction of sp³-hybridized carbons (Fsp3) is 0.300. The van der Waals surface area contributed by atoms with Gasteiger partial charge in [-0.3, -0.25) is 0 Å². The summed E-state index contributed by atoms with van der Waals surface area (Å²) in [5.41, 5.74) is 7.07. The lowest BCUT2D eigenvalue weighted by Crippen LogP contribution is -2.06. The number of pyridine rings is 1. The molecule has 0 saturated carbocycles. The first kappa shape index (κ1) is 9.18. The van der Waals surface area contributed by atoms with E-state index in [4.69, 9.17) is 5.73 Å². The molecule has 4 heteroatoms. The third kappa shape index (κ3) is 1.49. The summed E-state index contributed by atoms with van der Waals surface area (Å²) in [4.78, 5) is 7.16. The smallest absolute Gasteiger partial charge is 0.137 e. The average molecular weight is 191 g/mol. The molecule has 2 heterocycles. The number of fused-ring (bicyclic) bond motifs is 1. The number of hydrogen-bond acceptors (Lipinski definition) is 3. The van der Waals surface area contributed by atoms with Gasteiger partial charge in [0.25, 0.3) is 0 Å². The lowest BCUT2D eigenvalue weighted by molar-refractivity contribution is 0.172. The van der Waals surface area contributed by atoms with Gasteiger partial charge in [0.1, 0.15) is 5.65 Å². The van der Waals surface area contributed by atoms with E-state index < -0.39 is 6.10 Å². The lowest BCUT2D eigenvalue weighted by Gasteiger charge is -2.06. The zero-order chi connectivity index (χ0) is 9.97. The number of hydrogen-bond donors (Lipinski definition) is 3. The second kappa shape index (κ2) is 3.77. The van der Waals surface area contributed by atoms with Gasteiger partial charge < -0.3 is 15.8 Å². The SMILES string of the molecule is NCC[C@H](O)c1c[nH]c2ncccc12. The maximum absolute atomic E-state index is 9.78. The van der Waals surface area contributed by atoms with E-state index in [0.717, 1.165) is 16.6 Å². The van der Waals surface area contributed by atoms with Gasteiger partial charge in [-0.05, 0) is 25.1 Å². The Morgan fingerprint density at radius 2 is 2.43 bits per heavy atom. The largest absolute Gasteiger partial charge is 0.388 e. The lowest BCUT2D eigenvalue weighted by atomic mass is 10.1. The van der Waals surface area contributed by atoms with E-state index in [1.165, 1.54) is 0 Å². The maximum Gasteiger partial charge on any atom is 0.137 e. The summed E-state index contributed by atoms with van der Waals surface area (Å²) in [5.74, 6) is 0. The van der Waals surface area contributed by atoms with Gasteiger partial charge in [0.05, 0.1) is 6.10 Å². The minimum atomic E-state index is -0.502. The predicted molar refractivity (Wildman–Crippen MR) is 54.7 cm³/mol. The third-order valence-electron chi connectivity index (χ3n) is 2.28. The Kier molecular flexibility index (Phi) is 2.47. The molecule has 2 rings (SSSR count). The molecule has 0 fully saturated rings. The van der Waals surface area contributed by atoms with Crippen molar-refractivity contribution in [2.45, 2.75) is 12.5 Å². The van der Waals surface area contributed by atoms with Crippen LogP contribution in [0, 0.1) is 0 Å². The van der Waals surface area contributed by atoms with Crippen LogP contribution < -0.4 is 5.73 Å². The summed E-state index contributed by atoms with van der Waals surface area (Å²) < 4.78 is 0. The first-order valence-corrected chi connectivity index (χ1v) is 4.63. The molecule has 0 aliphatic rings. The molecule has 0 saturated heterocycles. The molecule has 2 aromatic rings. The van der Waals surface area contributed by atoms with Crippen molar-refractivity contribution in [1.29, 1.82) is 0 Å². The Hall–Kier alpha value is -1.39. The number of rotatable bonds is 3. The zero-order valence-corrected chi connectivity index (χ0v) is 7.77. The predicted octanol–water partition coefficient (Wildman–Crippen LogP) is 0.945. The second-order valence-electron chi connectivity index (χ2n) is 3.24. The highest BCUT2D eigenvalue weighted by Gasteiger charge is 2.11. The second-order valence-corrected chi connectivity index (χ2v) is 3.24. The molecule has 0 aliphatic heterocycles. The van der Waals surface area contributed by atoms with Crippen molar-refractivity contribution >= 4 is 11.0 Å². The van der Waals surface area contributed by atoms with Crippen LogP contribution in [0.5, 0.6) is 0 Å². The highest BCUT2D eigenvalue weighted by atomic mass is 16.3. The van der Waals surface area contributed by atoms with Gasteiger partial charge in [0, 0.05) is 23.3 Å². The van der Waals surface area contributed by atoms with E-state index in [2.05, 4.69) is 9.97 Å². The van der Waals surface area contributed by atoms with Gasteiger partial charge in [0.15, 0.2) is 0 Å². The number of aliphatic hydroxyl groups excluding tert-OH is 1. The monoisotopic (exact) mass is 191 g/mol. The normalized spacial score (nSPS) is 13.3. The van der Waals surface area contributed by atoms with Crippen molar-refractivity contribution in [3.8, 4) is 0 Å². The minimum Gasteiger partial charge on any atom is -0.388 e. The molecule has 0 amide bonds. The Bertz CT molecular complexity index is 424. The van der Waals surface area contributed by atoms with E-state index in [-0.39, 0.29) is 0 Å². The van der Waals surface area contributed by atoms with Crippen molar-refractivity contribution in [2.75, 3.05) is 6.54 Å². The molecule has 0 bridgehead atoms. The van der Waals surface area contributed by atoms with Crippen LogP contribution in [-0.2, 0) is 0 Å². The van der Waals surface area contributed by atoms with E-state index in [0.29, 0.717) is 13.0 Å². The van der Waals surface area contributed by atoms with Crippen molar-refractivity contribution in [2.24, 2.45) is 5.73 Å². The average Bonchev–Trinajstić information content (AvgIpc) is 2.61. The summed E-state index contributed by atoms with van der Waals surface area (Å²) in [6, 6.07) is 3.79. The van der Waals surface area contributed by atoms with E-state index >= 15 is 0 Å². The van der Waals surface area contributed by atoms with Crippen molar-refractivity contribution in [1.82, 2.24) is 9.97 Å². The summed E-state index contributed by atoms with van der Waals surface area (Å²) in [6.45, 7) is 0.480. The van der Waals surface area contributed by atoms with Crippen molar-refractivity contribution < 1.29 is 5.11 Å². The minimum absolute atomic E-state index is 0.480. The molecular weight excluding hydrogens is 178 g/mol. The number of nitrogens with two attached hydrogens (primary N) is 1. The van der Waals surface area contributed by atoms with Crippen LogP contribution in [0.25, 0.3) is 11.0 Å². The zero-order valence-electron chi connectivity index (χ0n) is 7.77. The molecule has 0 spiro atoms. The van der Waals surface area contributed by atoms with Gasteiger partial charge >= 0.3 is 0 Å². The highest BCUT2D eigenvalue weighted by Crippen LogP contribution is 2.24. The summed E-state index contributed by atoms with van der Waals surface area (Å²) in [6.07, 6.45) is 3.58. The molecule has 2 aromatic heterocycles. The van der Waals surface area contributed by atoms with Crippen LogP contribution in [0.3, 0.4) is 0 Å². The molecule has 0 aromatic carbocycles.